The fourth-order valence-corrected chi connectivity index (χ4v) is 3.56. The topological polar surface area (TPSA) is 29.5 Å². The van der Waals surface area contributed by atoms with E-state index in [-0.39, 0.29) is 11.9 Å². The molecule has 3 nitrogen and oxygen atoms in total. The summed E-state index contributed by atoms with van der Waals surface area (Å²) in [5.41, 5.74) is 1.30. The maximum Gasteiger partial charge on any atom is 0.308 e. The molecule has 96 valence electrons. The Kier molecular flexibility index (Phi) is 2.98. The molecule has 0 radical (unpaired) electrons. The van der Waals surface area contributed by atoms with Crippen LogP contribution >= 0.6 is 0 Å². The summed E-state index contributed by atoms with van der Waals surface area (Å²) < 4.78 is 4.90. The molecule has 0 N–H and O–H groups in total. The highest BCUT2D eigenvalue weighted by molar-refractivity contribution is 5.73. The van der Waals surface area contributed by atoms with Gasteiger partial charge in [0.05, 0.1) is 13.0 Å². The minimum Gasteiger partial charge on any atom is -0.469 e. The van der Waals surface area contributed by atoms with Crippen LogP contribution in [0.3, 0.4) is 0 Å². The number of anilines is 1. The number of ether oxygens (including phenoxy) is 1. The Balaban J connectivity index is 1.80. The standard InChI is InChI=1S/C15H19NO2/c1-18-15(17)11-9-13-7-8-14(10-11)16(13)12-5-3-2-4-6-12/h2-6,11,13-14H,7-10H2,1H3. The first-order valence-corrected chi connectivity index (χ1v) is 6.71. The third-order valence-corrected chi connectivity index (χ3v) is 4.32. The van der Waals surface area contributed by atoms with Gasteiger partial charge in [-0.3, -0.25) is 4.79 Å². The summed E-state index contributed by atoms with van der Waals surface area (Å²) in [7, 11) is 1.49. The number of nitrogens with zero attached hydrogens (tertiary/aromatic N) is 1. The molecular weight excluding hydrogens is 226 g/mol. The van der Waals surface area contributed by atoms with Crippen LogP contribution < -0.4 is 4.90 Å². The van der Waals surface area contributed by atoms with E-state index in [0.717, 1.165) is 12.8 Å². The predicted molar refractivity (Wildman–Crippen MR) is 70.5 cm³/mol. The van der Waals surface area contributed by atoms with Crippen molar-refractivity contribution in [2.45, 2.75) is 37.8 Å². The Hall–Kier alpha value is -1.51. The number of carbonyl (C=O) groups excluding carboxylic acids is 1. The molecule has 1 aromatic rings. The number of piperidine rings is 1. The van der Waals surface area contributed by atoms with Gasteiger partial charge in [-0.05, 0) is 37.8 Å². The number of esters is 1. The molecule has 2 saturated heterocycles. The number of methoxy groups -OCH3 is 1. The Labute approximate surface area is 108 Å². The number of para-hydroxylation sites is 1. The number of hydrogen-bond donors (Lipinski definition) is 0. The van der Waals surface area contributed by atoms with Gasteiger partial charge in [0, 0.05) is 17.8 Å². The van der Waals surface area contributed by atoms with Gasteiger partial charge < -0.3 is 9.64 Å². The second kappa shape index (κ2) is 4.63. The van der Waals surface area contributed by atoms with Gasteiger partial charge in [0.1, 0.15) is 0 Å². The normalized spacial score (nSPS) is 30.3. The molecule has 3 heteroatoms. The van der Waals surface area contributed by atoms with Gasteiger partial charge in [0.2, 0.25) is 0 Å². The number of rotatable bonds is 2. The summed E-state index contributed by atoms with van der Waals surface area (Å²) in [6, 6.07) is 11.6. The van der Waals surface area contributed by atoms with Crippen LogP contribution in [0, 0.1) is 5.92 Å². The summed E-state index contributed by atoms with van der Waals surface area (Å²) in [6.45, 7) is 0. The Morgan fingerprint density at radius 1 is 1.17 bits per heavy atom. The van der Waals surface area contributed by atoms with Gasteiger partial charge in [-0.2, -0.15) is 0 Å². The van der Waals surface area contributed by atoms with Crippen LogP contribution in [-0.2, 0) is 9.53 Å². The van der Waals surface area contributed by atoms with E-state index in [2.05, 4.69) is 29.2 Å². The summed E-state index contributed by atoms with van der Waals surface area (Å²) >= 11 is 0. The Morgan fingerprint density at radius 2 is 1.78 bits per heavy atom. The summed E-state index contributed by atoms with van der Waals surface area (Å²) in [4.78, 5) is 14.2. The van der Waals surface area contributed by atoms with Gasteiger partial charge in [0.25, 0.3) is 0 Å². The van der Waals surface area contributed by atoms with Gasteiger partial charge in [-0.25, -0.2) is 0 Å². The van der Waals surface area contributed by atoms with Crippen LogP contribution in [0.15, 0.2) is 30.3 Å². The zero-order chi connectivity index (χ0) is 12.5. The zero-order valence-electron chi connectivity index (χ0n) is 10.7. The summed E-state index contributed by atoms with van der Waals surface area (Å²) in [5.74, 6) is 0.0760. The molecule has 0 aliphatic carbocycles. The second-order valence-corrected chi connectivity index (χ2v) is 5.32. The zero-order valence-corrected chi connectivity index (χ0v) is 10.7. The van der Waals surface area contributed by atoms with Crippen LogP contribution in [0.1, 0.15) is 25.7 Å². The minimum absolute atomic E-state index is 0.0281. The van der Waals surface area contributed by atoms with Crippen LogP contribution in [0.2, 0.25) is 0 Å². The third kappa shape index (κ3) is 1.88. The molecule has 2 bridgehead atoms. The van der Waals surface area contributed by atoms with Crippen molar-refractivity contribution in [2.75, 3.05) is 12.0 Å². The minimum atomic E-state index is -0.0281. The largest absolute Gasteiger partial charge is 0.469 e. The average Bonchev–Trinajstić information content (AvgIpc) is 2.69. The van der Waals surface area contributed by atoms with E-state index in [1.807, 2.05) is 6.07 Å². The van der Waals surface area contributed by atoms with E-state index >= 15 is 0 Å². The maximum atomic E-state index is 11.7. The summed E-state index contributed by atoms with van der Waals surface area (Å²) in [6.07, 6.45) is 4.29. The van der Waals surface area contributed by atoms with Crippen molar-refractivity contribution >= 4 is 11.7 Å². The third-order valence-electron chi connectivity index (χ3n) is 4.32. The SMILES string of the molecule is COC(=O)C1CC2CCC(C1)N2c1ccccc1. The Bertz CT molecular complexity index is 417. The van der Waals surface area contributed by atoms with Gasteiger partial charge >= 0.3 is 5.97 Å². The van der Waals surface area contributed by atoms with E-state index in [9.17, 15) is 4.79 Å². The monoisotopic (exact) mass is 245 g/mol. The molecule has 0 amide bonds. The van der Waals surface area contributed by atoms with Crippen LogP contribution in [-0.4, -0.2) is 25.2 Å². The predicted octanol–water partition coefficient (Wildman–Crippen LogP) is 2.61. The molecule has 2 fully saturated rings. The smallest absolute Gasteiger partial charge is 0.308 e. The van der Waals surface area contributed by atoms with Gasteiger partial charge in [-0.1, -0.05) is 18.2 Å². The lowest BCUT2D eigenvalue weighted by Crippen LogP contribution is -2.45. The van der Waals surface area contributed by atoms with E-state index in [0.29, 0.717) is 12.1 Å². The molecular formula is C15H19NO2. The molecule has 2 aliphatic rings. The molecule has 3 rings (SSSR count). The Morgan fingerprint density at radius 3 is 2.33 bits per heavy atom. The quantitative estimate of drug-likeness (QED) is 0.750. The lowest BCUT2D eigenvalue weighted by molar-refractivity contribution is -0.146. The molecule has 2 unspecified atom stereocenters. The highest BCUT2D eigenvalue weighted by Crippen LogP contribution is 2.41. The lowest BCUT2D eigenvalue weighted by atomic mass is 9.90. The van der Waals surface area contributed by atoms with Crippen molar-refractivity contribution in [2.24, 2.45) is 5.92 Å². The van der Waals surface area contributed by atoms with E-state index in [1.165, 1.54) is 25.6 Å². The van der Waals surface area contributed by atoms with Crippen molar-refractivity contribution in [3.8, 4) is 0 Å². The highest BCUT2D eigenvalue weighted by Gasteiger charge is 2.43. The number of fused-ring (bicyclic) bond motifs is 2. The van der Waals surface area contributed by atoms with E-state index in [4.69, 9.17) is 4.74 Å². The first kappa shape index (κ1) is 11.6. The van der Waals surface area contributed by atoms with Gasteiger partial charge in [0.15, 0.2) is 0 Å². The van der Waals surface area contributed by atoms with Crippen LogP contribution in [0.25, 0.3) is 0 Å². The van der Waals surface area contributed by atoms with Gasteiger partial charge in [-0.15, -0.1) is 0 Å². The molecule has 0 aromatic heterocycles. The molecule has 2 aliphatic heterocycles. The number of hydrogen-bond acceptors (Lipinski definition) is 3. The fourth-order valence-electron chi connectivity index (χ4n) is 3.56. The molecule has 0 saturated carbocycles. The molecule has 18 heavy (non-hydrogen) atoms. The summed E-state index contributed by atoms with van der Waals surface area (Å²) in [5, 5.41) is 0. The van der Waals surface area contributed by atoms with Crippen LogP contribution in [0.4, 0.5) is 5.69 Å². The van der Waals surface area contributed by atoms with Crippen molar-refractivity contribution in [1.82, 2.24) is 0 Å². The molecule has 2 heterocycles. The number of benzene rings is 1. The molecule has 0 spiro atoms. The van der Waals surface area contributed by atoms with E-state index < -0.39 is 0 Å². The first-order valence-electron chi connectivity index (χ1n) is 6.71. The van der Waals surface area contributed by atoms with Crippen LogP contribution in [0.5, 0.6) is 0 Å². The van der Waals surface area contributed by atoms with E-state index in [1.54, 1.807) is 0 Å². The van der Waals surface area contributed by atoms with Crippen molar-refractivity contribution in [1.29, 1.82) is 0 Å². The second-order valence-electron chi connectivity index (χ2n) is 5.32. The van der Waals surface area contributed by atoms with Crippen molar-refractivity contribution in [3.63, 3.8) is 0 Å². The van der Waals surface area contributed by atoms with Crippen molar-refractivity contribution in [3.05, 3.63) is 30.3 Å². The molecule has 1 aromatic carbocycles. The number of carbonyl (C=O) groups is 1. The first-order chi connectivity index (χ1) is 8.79. The molecule has 2 atom stereocenters. The maximum absolute atomic E-state index is 11.7. The average molecular weight is 245 g/mol. The lowest BCUT2D eigenvalue weighted by Gasteiger charge is -2.39. The highest BCUT2D eigenvalue weighted by atomic mass is 16.5. The fraction of sp³-hybridized carbons (Fsp3) is 0.533. The van der Waals surface area contributed by atoms with Crippen molar-refractivity contribution < 1.29 is 9.53 Å².